The zero-order chi connectivity index (χ0) is 11.5. The van der Waals surface area contributed by atoms with Crippen LogP contribution in [-0.4, -0.2) is 16.8 Å². The number of aryl methyl sites for hydroxylation is 1. The number of aromatic hydroxyl groups is 1. The molecule has 1 atom stereocenters. The zero-order valence-corrected chi connectivity index (χ0v) is 9.45. The Morgan fingerprint density at radius 3 is 2.69 bits per heavy atom. The predicted molar refractivity (Wildman–Crippen MR) is 63.4 cm³/mol. The summed E-state index contributed by atoms with van der Waals surface area (Å²) in [6, 6.07) is 3.65. The number of fused-ring (bicyclic) bond motifs is 1. The Labute approximate surface area is 95.9 Å². The maximum absolute atomic E-state index is 9.87. The Hall–Kier alpha value is -1.06. The zero-order valence-electron chi connectivity index (χ0n) is 9.45. The predicted octanol–water partition coefficient (Wildman–Crippen LogP) is 1.65. The smallest absolute Gasteiger partial charge is 0.121 e. The normalized spacial score (nSPS) is 17.6. The van der Waals surface area contributed by atoms with E-state index in [2.05, 4.69) is 0 Å². The summed E-state index contributed by atoms with van der Waals surface area (Å²) in [5, 5.41) is 19.7. The minimum Gasteiger partial charge on any atom is -0.508 e. The van der Waals surface area contributed by atoms with Gasteiger partial charge in [0, 0.05) is 12.1 Å². The lowest BCUT2D eigenvalue weighted by atomic mass is 9.93. The van der Waals surface area contributed by atoms with Gasteiger partial charge in [0.25, 0.3) is 0 Å². The first-order chi connectivity index (χ1) is 7.74. The highest BCUT2D eigenvalue weighted by atomic mass is 16.3. The first-order valence-electron chi connectivity index (χ1n) is 5.95. The second kappa shape index (κ2) is 4.85. The van der Waals surface area contributed by atoms with E-state index in [1.165, 1.54) is 18.4 Å². The third-order valence-electron chi connectivity index (χ3n) is 3.36. The van der Waals surface area contributed by atoms with Gasteiger partial charge >= 0.3 is 0 Å². The van der Waals surface area contributed by atoms with Crippen LogP contribution in [-0.2, 0) is 12.8 Å². The lowest BCUT2D eigenvalue weighted by molar-refractivity contribution is 0.181. The van der Waals surface area contributed by atoms with Gasteiger partial charge in [-0.05, 0) is 42.9 Å². The van der Waals surface area contributed by atoms with Crippen LogP contribution < -0.4 is 5.73 Å². The van der Waals surface area contributed by atoms with Gasteiger partial charge < -0.3 is 15.9 Å². The maximum atomic E-state index is 9.87. The van der Waals surface area contributed by atoms with E-state index in [0.29, 0.717) is 5.56 Å². The Morgan fingerprint density at radius 1 is 1.19 bits per heavy atom. The molecule has 2 rings (SSSR count). The van der Waals surface area contributed by atoms with Crippen LogP contribution in [0.25, 0.3) is 0 Å². The number of hydrogen-bond donors (Lipinski definition) is 3. The van der Waals surface area contributed by atoms with Crippen LogP contribution in [0, 0.1) is 0 Å². The Bertz CT molecular complexity index is 376. The molecule has 1 aromatic carbocycles. The van der Waals surface area contributed by atoms with Crippen LogP contribution >= 0.6 is 0 Å². The highest BCUT2D eigenvalue weighted by Gasteiger charge is 2.19. The van der Waals surface area contributed by atoms with E-state index in [1.807, 2.05) is 6.07 Å². The molecule has 0 saturated carbocycles. The van der Waals surface area contributed by atoms with Gasteiger partial charge in [-0.2, -0.15) is 0 Å². The van der Waals surface area contributed by atoms with Crippen molar-refractivity contribution in [1.29, 1.82) is 0 Å². The summed E-state index contributed by atoms with van der Waals surface area (Å²) in [6.45, 7) is 0.157. The molecule has 3 heteroatoms. The molecule has 0 spiro atoms. The van der Waals surface area contributed by atoms with Gasteiger partial charge in [0.05, 0.1) is 6.10 Å². The van der Waals surface area contributed by atoms with Crippen molar-refractivity contribution in [3.05, 3.63) is 28.8 Å². The summed E-state index contributed by atoms with van der Waals surface area (Å²) in [6.07, 6.45) is 4.77. The molecular weight excluding hydrogens is 202 g/mol. The summed E-state index contributed by atoms with van der Waals surface area (Å²) in [5.41, 5.74) is 8.52. The molecule has 4 N–H and O–H groups in total. The largest absolute Gasteiger partial charge is 0.508 e. The third-order valence-corrected chi connectivity index (χ3v) is 3.36. The van der Waals surface area contributed by atoms with E-state index in [4.69, 9.17) is 5.73 Å². The Morgan fingerprint density at radius 2 is 1.94 bits per heavy atom. The molecule has 0 heterocycles. The maximum Gasteiger partial charge on any atom is 0.121 e. The number of benzene rings is 1. The lowest BCUT2D eigenvalue weighted by Gasteiger charge is -2.18. The van der Waals surface area contributed by atoms with Gasteiger partial charge in [-0.1, -0.05) is 12.5 Å². The molecule has 1 aliphatic carbocycles. The van der Waals surface area contributed by atoms with Crippen molar-refractivity contribution < 1.29 is 10.2 Å². The molecule has 16 heavy (non-hydrogen) atoms. The van der Waals surface area contributed by atoms with Gasteiger partial charge in [0.2, 0.25) is 0 Å². The third kappa shape index (κ3) is 2.06. The number of phenols is 1. The van der Waals surface area contributed by atoms with Crippen molar-refractivity contribution in [2.75, 3.05) is 6.54 Å². The van der Waals surface area contributed by atoms with Crippen molar-refractivity contribution in [3.63, 3.8) is 0 Å². The molecule has 0 aliphatic heterocycles. The van der Waals surface area contributed by atoms with Gasteiger partial charge in [-0.3, -0.25) is 0 Å². The lowest BCUT2D eigenvalue weighted by Crippen LogP contribution is -2.14. The fraction of sp³-hybridized carbons (Fsp3) is 0.538. The SMILES string of the molecule is NCC(O)c1c(O)ccc2c1CCCCC2. The van der Waals surface area contributed by atoms with Crippen molar-refractivity contribution in [2.45, 2.75) is 38.2 Å². The van der Waals surface area contributed by atoms with Crippen molar-refractivity contribution >= 4 is 0 Å². The summed E-state index contributed by atoms with van der Waals surface area (Å²) in [4.78, 5) is 0. The Balaban J connectivity index is 2.48. The van der Waals surface area contributed by atoms with E-state index in [0.717, 1.165) is 24.8 Å². The molecule has 1 aromatic rings. The van der Waals surface area contributed by atoms with Crippen molar-refractivity contribution in [2.24, 2.45) is 5.73 Å². The molecule has 88 valence electrons. The standard InChI is InChI=1S/C13H19NO2/c14-8-12(16)13-10-5-3-1-2-4-9(10)6-7-11(13)15/h6-7,12,15-16H,1-5,8,14H2. The molecule has 1 unspecified atom stereocenters. The molecule has 0 aromatic heterocycles. The highest BCUT2D eigenvalue weighted by molar-refractivity contribution is 5.46. The fourth-order valence-corrected chi connectivity index (χ4v) is 2.51. The summed E-state index contributed by atoms with van der Waals surface area (Å²) >= 11 is 0. The first-order valence-corrected chi connectivity index (χ1v) is 5.95. The number of nitrogens with two attached hydrogens (primary N) is 1. The molecule has 3 nitrogen and oxygen atoms in total. The summed E-state index contributed by atoms with van der Waals surface area (Å²) in [7, 11) is 0. The number of aliphatic hydroxyl groups is 1. The number of phenolic OH excluding ortho intramolecular Hbond substituents is 1. The van der Waals surface area contributed by atoms with Crippen LogP contribution in [0.4, 0.5) is 0 Å². The highest BCUT2D eigenvalue weighted by Crippen LogP contribution is 2.33. The van der Waals surface area contributed by atoms with Crippen LogP contribution in [0.2, 0.25) is 0 Å². The fourth-order valence-electron chi connectivity index (χ4n) is 2.51. The molecule has 0 fully saturated rings. The van der Waals surface area contributed by atoms with E-state index in [-0.39, 0.29) is 12.3 Å². The summed E-state index contributed by atoms with van der Waals surface area (Å²) in [5.74, 6) is 0.179. The monoisotopic (exact) mass is 221 g/mol. The van der Waals surface area contributed by atoms with Gasteiger partial charge in [0.15, 0.2) is 0 Å². The molecule has 0 radical (unpaired) electrons. The van der Waals surface area contributed by atoms with Crippen LogP contribution in [0.1, 0.15) is 42.1 Å². The first kappa shape index (κ1) is 11.4. The molecule has 0 saturated heterocycles. The number of rotatable bonds is 2. The summed E-state index contributed by atoms with van der Waals surface area (Å²) < 4.78 is 0. The van der Waals surface area contributed by atoms with E-state index in [9.17, 15) is 10.2 Å². The number of aliphatic hydroxyl groups excluding tert-OH is 1. The van der Waals surface area contributed by atoms with Crippen LogP contribution in [0.5, 0.6) is 5.75 Å². The Kier molecular flexibility index (Phi) is 3.46. The van der Waals surface area contributed by atoms with Crippen LogP contribution in [0.3, 0.4) is 0 Å². The van der Waals surface area contributed by atoms with Crippen molar-refractivity contribution in [1.82, 2.24) is 0 Å². The van der Waals surface area contributed by atoms with Gasteiger partial charge in [-0.15, -0.1) is 0 Å². The van der Waals surface area contributed by atoms with Crippen molar-refractivity contribution in [3.8, 4) is 5.75 Å². The second-order valence-corrected chi connectivity index (χ2v) is 4.45. The van der Waals surface area contributed by atoms with E-state index >= 15 is 0 Å². The van der Waals surface area contributed by atoms with E-state index in [1.54, 1.807) is 6.07 Å². The molecule has 1 aliphatic rings. The van der Waals surface area contributed by atoms with E-state index < -0.39 is 6.10 Å². The minimum absolute atomic E-state index is 0.157. The van der Waals surface area contributed by atoms with Crippen LogP contribution in [0.15, 0.2) is 12.1 Å². The average molecular weight is 221 g/mol. The molecule has 0 bridgehead atoms. The molecule has 0 amide bonds. The quantitative estimate of drug-likeness (QED) is 0.665. The average Bonchev–Trinajstić information content (AvgIpc) is 2.53. The minimum atomic E-state index is -0.743. The van der Waals surface area contributed by atoms with Gasteiger partial charge in [0.1, 0.15) is 5.75 Å². The topological polar surface area (TPSA) is 66.5 Å². The second-order valence-electron chi connectivity index (χ2n) is 4.45. The number of hydrogen-bond acceptors (Lipinski definition) is 3. The van der Waals surface area contributed by atoms with Gasteiger partial charge in [-0.25, -0.2) is 0 Å². The molecular formula is C13H19NO2.